The van der Waals surface area contributed by atoms with E-state index >= 15 is 0 Å². The van der Waals surface area contributed by atoms with Crippen LogP contribution in [0, 0.1) is 0 Å². The van der Waals surface area contributed by atoms with Gasteiger partial charge in [-0.3, -0.25) is 14.6 Å². The van der Waals surface area contributed by atoms with Crippen LogP contribution in [0.2, 0.25) is 0 Å². The molecule has 1 aromatic rings. The summed E-state index contributed by atoms with van der Waals surface area (Å²) in [5.41, 5.74) is 3.26. The number of thiazole rings is 1. The van der Waals surface area contributed by atoms with Crippen LogP contribution < -0.4 is 119 Å². The van der Waals surface area contributed by atoms with E-state index in [1.54, 1.807) is 0 Å². The van der Waals surface area contributed by atoms with Gasteiger partial charge >= 0.3 is 103 Å². The number of hydrogen-bond donors (Lipinski definition) is 2. The van der Waals surface area contributed by atoms with Gasteiger partial charge in [-0.1, -0.05) is 0 Å². The zero-order chi connectivity index (χ0) is 20.7. The van der Waals surface area contributed by atoms with Crippen LogP contribution in [0.1, 0.15) is 26.5 Å². The Labute approximate surface area is 255 Å². The van der Waals surface area contributed by atoms with Gasteiger partial charge < -0.3 is 25.5 Å². The predicted molar refractivity (Wildman–Crippen MR) is 90.1 cm³/mol. The maximum atomic E-state index is 12.6. The normalized spacial score (nSPS) is 19.5. The Hall–Kier alpha value is 0.693. The summed E-state index contributed by atoms with van der Waals surface area (Å²) in [6.45, 7) is 3.63. The fourth-order valence-corrected chi connectivity index (χ4v) is 3.66. The summed E-state index contributed by atoms with van der Waals surface area (Å²) in [4.78, 5) is 43.4. The summed E-state index contributed by atoms with van der Waals surface area (Å²) in [5.74, 6) is -3.65. The number of aliphatic imine (C=N–C) groups is 1. The number of rotatable bonds is 6. The number of carbonyl (C=O) groups excluding carboxylic acids is 3. The number of nitrogen functional groups attached to an aromatic ring is 1. The molecule has 0 radical (unpaired) electrons. The van der Waals surface area contributed by atoms with Crippen LogP contribution in [0.15, 0.2) is 10.4 Å². The van der Waals surface area contributed by atoms with Crippen molar-refractivity contribution in [3.8, 4) is 0 Å². The summed E-state index contributed by atoms with van der Waals surface area (Å²) in [5, 5.41) is 14.9. The molecule has 0 aliphatic carbocycles. The molecular weight excluding hydrogens is 481 g/mol. The van der Waals surface area contributed by atoms with Crippen LogP contribution in [-0.2, 0) is 24.7 Å². The number of nitrogens with zero attached hydrogens (tertiary/aromatic N) is 3. The number of aliphatic carboxylic acids is 1. The van der Waals surface area contributed by atoms with Gasteiger partial charge in [0, 0.05) is 5.38 Å². The number of hydrogen-bond acceptors (Lipinski definition) is 11. The van der Waals surface area contributed by atoms with Gasteiger partial charge in [-0.15, -0.1) is 11.3 Å². The third-order valence-electron chi connectivity index (χ3n) is 3.73. The van der Waals surface area contributed by atoms with Crippen molar-refractivity contribution < 1.29 is 135 Å². The Morgan fingerprint density at radius 3 is 2.31 bits per heavy atom. The molecule has 148 valence electrons. The van der Waals surface area contributed by atoms with Gasteiger partial charge in [-0.25, -0.2) is 17.7 Å². The fraction of sp³-hybridized carbons (Fsp3) is 0.462. The molecule has 1 aliphatic heterocycles. The van der Waals surface area contributed by atoms with Crippen LogP contribution in [0.25, 0.3) is 0 Å². The van der Waals surface area contributed by atoms with Crippen LogP contribution in [0.5, 0.6) is 0 Å². The number of nitrogens with two attached hydrogens (primary N) is 1. The van der Waals surface area contributed by atoms with Gasteiger partial charge in [0.1, 0.15) is 17.4 Å². The summed E-state index contributed by atoms with van der Waals surface area (Å²) >= 11 is 0.975. The second-order valence-electron chi connectivity index (χ2n) is 6.16. The molecule has 3 N–H and O–H groups in total. The number of amides is 2. The average molecular weight is 496 g/mol. The molecule has 0 aromatic carbocycles. The first kappa shape index (κ1) is 29.7. The molecule has 0 saturated carbocycles. The summed E-state index contributed by atoms with van der Waals surface area (Å²) in [7, 11) is -5.00. The smallest absolute Gasteiger partial charge is 0.731 e. The number of β-lactam (4-membered cyclic amide) rings is 1. The van der Waals surface area contributed by atoms with Crippen LogP contribution in [-0.4, -0.2) is 63.4 Å². The molecule has 2 unspecified atom stereocenters. The first-order chi connectivity index (χ1) is 12.3. The van der Waals surface area contributed by atoms with Gasteiger partial charge in [0.05, 0.1) is 17.6 Å². The molecule has 0 bridgehead atoms. The topological polar surface area (TPSA) is 198 Å². The second-order valence-corrected chi connectivity index (χ2v) is 8.30. The van der Waals surface area contributed by atoms with Gasteiger partial charge in [-0.05, 0) is 20.8 Å². The molecule has 1 aliphatic rings. The predicted octanol–water partition coefficient (Wildman–Crippen LogP) is -8.77. The monoisotopic (exact) mass is 495 g/mol. The minimum absolute atomic E-state index is 0. The number of carboxylic acid groups (broad SMARTS) is 1. The van der Waals surface area contributed by atoms with E-state index in [-0.39, 0.29) is 118 Å². The maximum absolute atomic E-state index is 12.6. The number of aromatic nitrogens is 1. The molecule has 0 spiro atoms. The van der Waals surface area contributed by atoms with Crippen molar-refractivity contribution in [2.45, 2.75) is 38.4 Å². The van der Waals surface area contributed by atoms with Gasteiger partial charge in [0.2, 0.25) is 0 Å². The molecule has 29 heavy (non-hydrogen) atoms. The molecule has 16 heteroatoms. The first-order valence-electron chi connectivity index (χ1n) is 7.38. The average Bonchev–Trinajstić information content (AvgIpc) is 2.95. The maximum Gasteiger partial charge on any atom is 1.00 e. The molecule has 2 rings (SSSR count). The van der Waals surface area contributed by atoms with E-state index in [0.29, 0.717) is 0 Å². The molecule has 2 heterocycles. The summed E-state index contributed by atoms with van der Waals surface area (Å²) < 4.78 is 33.1. The first-order valence-corrected chi connectivity index (χ1v) is 9.63. The number of anilines is 1. The fourth-order valence-electron chi connectivity index (χ4n) is 2.25. The van der Waals surface area contributed by atoms with Gasteiger partial charge in [-0.2, -0.15) is 0 Å². The van der Waals surface area contributed by atoms with Crippen molar-refractivity contribution in [1.29, 1.82) is 0 Å². The second kappa shape index (κ2) is 11.0. The van der Waals surface area contributed by atoms with Crippen molar-refractivity contribution in [2.75, 3.05) is 5.73 Å². The SMILES string of the molecule is CC1C(NC(=O)C(=NC(C)(C)C(=O)[O-])c2csc(N)n2)C(=O)N1S(=O)(=O)[O-].[K+].[K+]. The third-order valence-corrected chi connectivity index (χ3v) is 5.40. The van der Waals surface area contributed by atoms with E-state index in [2.05, 4.69) is 15.3 Å². The molecule has 1 saturated heterocycles. The molecule has 1 aromatic heterocycles. The largest absolute Gasteiger partial charge is 1.00 e. The van der Waals surface area contributed by atoms with E-state index < -0.39 is 51.4 Å². The standard InChI is InChI=1S/C13H17N5O7S2.2K/c1-5-7(10(20)18(5)27(23,24)25)16-9(19)8(6-4-26-12(14)15-6)17-13(2,3)11(21)22;;/h4-5,7H,1-3H3,(H2,14,15)(H,16,19)(H,21,22)(H,23,24,25);;/q;2*+1/p-2. The molecule has 2 amide bonds. The molecule has 1 fully saturated rings. The zero-order valence-electron chi connectivity index (χ0n) is 16.3. The van der Waals surface area contributed by atoms with Crippen molar-refractivity contribution in [3.63, 3.8) is 0 Å². The molecular formula is C13H15K2N5O7S2. The van der Waals surface area contributed by atoms with Crippen molar-refractivity contribution >= 4 is 50.3 Å². The van der Waals surface area contributed by atoms with Gasteiger partial charge in [0.25, 0.3) is 11.8 Å². The Kier molecular flexibility index (Phi) is 11.3. The van der Waals surface area contributed by atoms with Crippen molar-refractivity contribution in [3.05, 3.63) is 11.1 Å². The van der Waals surface area contributed by atoms with E-state index in [1.165, 1.54) is 26.2 Å². The molecule has 12 nitrogen and oxygen atoms in total. The molecule has 2 atom stereocenters. The van der Waals surface area contributed by atoms with E-state index in [9.17, 15) is 32.5 Å². The number of nitrogens with one attached hydrogen (secondary N) is 1. The van der Waals surface area contributed by atoms with Crippen LogP contribution in [0.4, 0.5) is 5.13 Å². The number of carboxylic acids is 1. The Morgan fingerprint density at radius 2 is 1.93 bits per heavy atom. The summed E-state index contributed by atoms with van der Waals surface area (Å²) in [6.07, 6.45) is 0. The van der Waals surface area contributed by atoms with E-state index in [4.69, 9.17) is 5.73 Å². The van der Waals surface area contributed by atoms with Gasteiger partial charge in [0.15, 0.2) is 15.4 Å². The Bertz CT molecular complexity index is 947. The van der Waals surface area contributed by atoms with Crippen molar-refractivity contribution in [1.82, 2.24) is 14.6 Å². The quantitative estimate of drug-likeness (QED) is 0.166. The zero-order valence-corrected chi connectivity index (χ0v) is 24.2. The minimum atomic E-state index is -5.00. The van der Waals surface area contributed by atoms with E-state index in [0.717, 1.165) is 11.3 Å². The number of carbonyl (C=O) groups is 3. The minimum Gasteiger partial charge on any atom is -0.731 e. The van der Waals surface area contributed by atoms with Crippen LogP contribution >= 0.6 is 11.3 Å². The summed E-state index contributed by atoms with van der Waals surface area (Å²) in [6, 6.07) is -2.41. The van der Waals surface area contributed by atoms with E-state index in [1.807, 2.05) is 0 Å². The van der Waals surface area contributed by atoms with Crippen LogP contribution in [0.3, 0.4) is 0 Å². The van der Waals surface area contributed by atoms with Crippen molar-refractivity contribution in [2.24, 2.45) is 4.99 Å². The Balaban J connectivity index is 0.00000392. The third kappa shape index (κ3) is 6.83. The Morgan fingerprint density at radius 1 is 1.38 bits per heavy atom.